The number of para-hydroxylation sites is 1. The lowest BCUT2D eigenvalue weighted by Gasteiger charge is -2.15. The number of aliphatic carboxylic acids is 1. The third kappa shape index (κ3) is 3.33. The van der Waals surface area contributed by atoms with Gasteiger partial charge in [-0.3, -0.25) is 4.79 Å². The molecule has 0 spiro atoms. The minimum Gasteiger partial charge on any atom is -0.480 e. The number of carbonyl (C=O) groups is 2. The Hall–Kier alpha value is -2.22. The number of aromatic nitrogens is 1. The molecule has 1 amide bonds. The molecule has 1 heterocycles. The van der Waals surface area contributed by atoms with E-state index < -0.39 is 24.1 Å². The molecule has 1 unspecified atom stereocenters. The van der Waals surface area contributed by atoms with Gasteiger partial charge in [0.1, 0.15) is 11.2 Å². The number of amides is 1. The molecule has 0 bridgehead atoms. The van der Waals surface area contributed by atoms with Gasteiger partial charge >= 0.3 is 18.1 Å². The molecule has 22 heavy (non-hydrogen) atoms. The highest BCUT2D eigenvalue weighted by molar-refractivity contribution is 6.31. The normalized spacial score (nSPS) is 13.1. The Morgan fingerprint density at radius 2 is 1.95 bits per heavy atom. The molecule has 1 atom stereocenters. The molecule has 2 rings (SSSR count). The van der Waals surface area contributed by atoms with Gasteiger partial charge in [-0.2, -0.15) is 13.2 Å². The third-order valence-electron chi connectivity index (χ3n) is 3.03. The molecule has 5 nitrogen and oxygen atoms in total. The van der Waals surface area contributed by atoms with Gasteiger partial charge in [-0.05, 0) is 11.6 Å². The number of nitrogens with one attached hydrogen (secondary N) is 2. The van der Waals surface area contributed by atoms with Gasteiger partial charge in [-0.15, -0.1) is 0 Å². The zero-order chi connectivity index (χ0) is 16.5. The fourth-order valence-corrected chi connectivity index (χ4v) is 2.29. The highest BCUT2D eigenvalue weighted by Gasteiger charge is 2.41. The zero-order valence-electron chi connectivity index (χ0n) is 10.9. The first kappa shape index (κ1) is 16.2. The molecular weight excluding hydrogens is 325 g/mol. The van der Waals surface area contributed by atoms with Crippen LogP contribution >= 0.6 is 11.6 Å². The molecule has 0 radical (unpaired) electrons. The molecular formula is C13H10ClF3N2O3. The van der Waals surface area contributed by atoms with Gasteiger partial charge in [-0.25, -0.2) is 4.79 Å². The van der Waals surface area contributed by atoms with Crippen molar-refractivity contribution in [2.75, 3.05) is 0 Å². The van der Waals surface area contributed by atoms with E-state index in [0.29, 0.717) is 16.5 Å². The third-order valence-corrected chi connectivity index (χ3v) is 3.35. The molecule has 0 aliphatic heterocycles. The number of carbonyl (C=O) groups excluding carboxylic acids is 1. The molecule has 9 heteroatoms. The molecule has 3 N–H and O–H groups in total. The molecule has 1 aromatic carbocycles. The first-order valence-electron chi connectivity index (χ1n) is 6.05. The predicted molar refractivity (Wildman–Crippen MR) is 72.6 cm³/mol. The highest BCUT2D eigenvalue weighted by atomic mass is 35.5. The van der Waals surface area contributed by atoms with Crippen molar-refractivity contribution in [2.45, 2.75) is 18.6 Å². The average Bonchev–Trinajstić information content (AvgIpc) is 2.73. The first-order valence-corrected chi connectivity index (χ1v) is 6.43. The summed E-state index contributed by atoms with van der Waals surface area (Å²) in [5, 5.41) is 11.2. The van der Waals surface area contributed by atoms with E-state index in [1.807, 2.05) is 0 Å². The van der Waals surface area contributed by atoms with E-state index >= 15 is 0 Å². The van der Waals surface area contributed by atoms with E-state index in [-0.39, 0.29) is 11.6 Å². The second-order valence-electron chi connectivity index (χ2n) is 4.53. The Kier molecular flexibility index (Phi) is 4.32. The van der Waals surface area contributed by atoms with E-state index in [0.717, 1.165) is 0 Å². The molecule has 1 aromatic heterocycles. The maximum atomic E-state index is 12.2. The van der Waals surface area contributed by atoms with Gasteiger partial charge < -0.3 is 15.4 Å². The summed E-state index contributed by atoms with van der Waals surface area (Å²) in [5.41, 5.74) is 0.945. The van der Waals surface area contributed by atoms with Crippen molar-refractivity contribution in [3.8, 4) is 0 Å². The molecule has 0 aliphatic carbocycles. The lowest BCUT2D eigenvalue weighted by molar-refractivity contribution is -0.175. The smallest absolute Gasteiger partial charge is 0.471 e. The minimum absolute atomic E-state index is 0.119. The Morgan fingerprint density at radius 3 is 2.55 bits per heavy atom. The Labute approximate surface area is 127 Å². The number of benzene rings is 1. The number of hydrogen-bond donors (Lipinski definition) is 3. The number of alkyl halides is 3. The van der Waals surface area contributed by atoms with Crippen LogP contribution in [0.1, 0.15) is 5.56 Å². The van der Waals surface area contributed by atoms with E-state index in [9.17, 15) is 22.8 Å². The van der Waals surface area contributed by atoms with Crippen molar-refractivity contribution in [1.82, 2.24) is 10.3 Å². The Bertz CT molecular complexity index is 727. The summed E-state index contributed by atoms with van der Waals surface area (Å²) >= 11 is 5.96. The van der Waals surface area contributed by atoms with Gasteiger partial charge in [0.25, 0.3) is 0 Å². The van der Waals surface area contributed by atoms with Crippen LogP contribution in [-0.4, -0.2) is 34.2 Å². The Balaban J connectivity index is 2.29. The van der Waals surface area contributed by atoms with Crippen molar-refractivity contribution < 1.29 is 27.9 Å². The number of aromatic amines is 1. The van der Waals surface area contributed by atoms with Crippen LogP contribution in [0.3, 0.4) is 0 Å². The summed E-state index contributed by atoms with van der Waals surface area (Å²) in [4.78, 5) is 24.8. The lowest BCUT2D eigenvalue weighted by atomic mass is 10.0. The Morgan fingerprint density at radius 1 is 1.32 bits per heavy atom. The summed E-state index contributed by atoms with van der Waals surface area (Å²) in [5.74, 6) is -3.89. The molecule has 0 fully saturated rings. The highest BCUT2D eigenvalue weighted by Crippen LogP contribution is 2.27. The number of fused-ring (bicyclic) bond motifs is 1. The summed E-state index contributed by atoms with van der Waals surface area (Å²) < 4.78 is 36.7. The summed E-state index contributed by atoms with van der Waals surface area (Å²) in [6, 6.07) is 5.00. The van der Waals surface area contributed by atoms with Crippen LogP contribution in [-0.2, 0) is 16.0 Å². The van der Waals surface area contributed by atoms with Crippen molar-refractivity contribution >= 4 is 34.4 Å². The molecule has 0 aliphatic rings. The van der Waals surface area contributed by atoms with E-state index in [1.54, 1.807) is 24.3 Å². The lowest BCUT2D eigenvalue weighted by Crippen LogP contribution is -2.47. The van der Waals surface area contributed by atoms with Gasteiger partial charge in [0.05, 0.1) is 0 Å². The van der Waals surface area contributed by atoms with Crippen LogP contribution in [0.15, 0.2) is 24.3 Å². The van der Waals surface area contributed by atoms with E-state index in [4.69, 9.17) is 16.7 Å². The van der Waals surface area contributed by atoms with Crippen LogP contribution < -0.4 is 5.32 Å². The quantitative estimate of drug-likeness (QED) is 0.803. The number of H-pyrrole nitrogens is 1. The van der Waals surface area contributed by atoms with Crippen molar-refractivity contribution in [3.63, 3.8) is 0 Å². The number of carboxylic acids is 1. The summed E-state index contributed by atoms with van der Waals surface area (Å²) in [6.45, 7) is 0. The maximum absolute atomic E-state index is 12.2. The van der Waals surface area contributed by atoms with Gasteiger partial charge in [-0.1, -0.05) is 29.8 Å². The number of halogens is 4. The second-order valence-corrected chi connectivity index (χ2v) is 4.91. The van der Waals surface area contributed by atoms with Gasteiger partial charge in [0.15, 0.2) is 0 Å². The minimum atomic E-state index is -5.16. The van der Waals surface area contributed by atoms with Crippen LogP contribution in [0.25, 0.3) is 10.9 Å². The van der Waals surface area contributed by atoms with Gasteiger partial charge in [0.2, 0.25) is 0 Å². The maximum Gasteiger partial charge on any atom is 0.471 e. The fraction of sp³-hybridized carbons (Fsp3) is 0.231. The predicted octanol–water partition coefficient (Wildman–Crippen LogP) is 2.50. The standard InChI is InChI=1S/C13H10ClF3N2O3/c14-10-7(6-3-1-2-4-8(6)18-10)5-9(11(20)21)19-12(22)13(15,16)17/h1-4,9,18H,5H2,(H,19,22)(H,20,21). The van der Waals surface area contributed by atoms with Crippen molar-refractivity contribution in [2.24, 2.45) is 0 Å². The molecule has 118 valence electrons. The number of hydrogen-bond acceptors (Lipinski definition) is 2. The van der Waals surface area contributed by atoms with Gasteiger partial charge in [0, 0.05) is 17.3 Å². The van der Waals surface area contributed by atoms with Crippen LogP contribution in [0.2, 0.25) is 5.15 Å². The number of carboxylic acid groups (broad SMARTS) is 1. The van der Waals surface area contributed by atoms with E-state index in [1.165, 1.54) is 5.32 Å². The van der Waals surface area contributed by atoms with Crippen LogP contribution in [0.4, 0.5) is 13.2 Å². The monoisotopic (exact) mass is 334 g/mol. The van der Waals surface area contributed by atoms with E-state index in [2.05, 4.69) is 4.98 Å². The molecule has 0 saturated heterocycles. The topological polar surface area (TPSA) is 82.2 Å². The van der Waals surface area contributed by atoms with Crippen molar-refractivity contribution in [1.29, 1.82) is 0 Å². The molecule has 0 saturated carbocycles. The fourth-order valence-electron chi connectivity index (χ4n) is 2.01. The molecule has 2 aromatic rings. The number of rotatable bonds is 4. The van der Waals surface area contributed by atoms with Crippen molar-refractivity contribution in [3.05, 3.63) is 35.0 Å². The largest absolute Gasteiger partial charge is 0.480 e. The summed E-state index contributed by atoms with van der Waals surface area (Å²) in [7, 11) is 0. The SMILES string of the molecule is O=C(O)C(Cc1c(Cl)[nH]c2ccccc12)NC(=O)C(F)(F)F. The van der Waals surface area contributed by atoms with Crippen LogP contribution in [0.5, 0.6) is 0 Å². The first-order chi connectivity index (χ1) is 10.2. The average molecular weight is 335 g/mol. The zero-order valence-corrected chi connectivity index (χ0v) is 11.6. The van der Waals surface area contributed by atoms with Crippen LogP contribution in [0, 0.1) is 0 Å². The second kappa shape index (κ2) is 5.88. The summed E-state index contributed by atoms with van der Waals surface area (Å²) in [6.07, 6.45) is -5.53.